The van der Waals surface area contributed by atoms with Gasteiger partial charge in [-0.2, -0.15) is 5.26 Å². The van der Waals surface area contributed by atoms with E-state index >= 15 is 0 Å². The summed E-state index contributed by atoms with van der Waals surface area (Å²) in [7, 11) is 0. The molecule has 1 aliphatic heterocycles. The SMILES string of the molecule is Cc1cc(NCC2CCCCN2)ccc1C#N. The van der Waals surface area contributed by atoms with Gasteiger partial charge in [0.05, 0.1) is 11.6 Å². The van der Waals surface area contributed by atoms with E-state index in [4.69, 9.17) is 5.26 Å². The molecule has 0 bridgehead atoms. The molecule has 1 fully saturated rings. The predicted molar refractivity (Wildman–Crippen MR) is 70.0 cm³/mol. The van der Waals surface area contributed by atoms with Crippen LogP contribution in [0.5, 0.6) is 0 Å². The lowest BCUT2D eigenvalue weighted by atomic mass is 10.0. The summed E-state index contributed by atoms with van der Waals surface area (Å²) in [5.74, 6) is 0. The average molecular weight is 229 g/mol. The minimum atomic E-state index is 0.583. The van der Waals surface area contributed by atoms with Crippen molar-refractivity contribution in [3.05, 3.63) is 29.3 Å². The fourth-order valence-corrected chi connectivity index (χ4v) is 2.24. The van der Waals surface area contributed by atoms with Gasteiger partial charge < -0.3 is 10.6 Å². The molecule has 0 radical (unpaired) electrons. The van der Waals surface area contributed by atoms with Gasteiger partial charge in [0.25, 0.3) is 0 Å². The van der Waals surface area contributed by atoms with Crippen molar-refractivity contribution >= 4 is 5.69 Å². The number of hydrogen-bond acceptors (Lipinski definition) is 3. The van der Waals surface area contributed by atoms with Gasteiger partial charge in [0.15, 0.2) is 0 Å². The Balaban J connectivity index is 1.90. The van der Waals surface area contributed by atoms with Crippen LogP contribution >= 0.6 is 0 Å². The first-order chi connectivity index (χ1) is 8.29. The molecule has 1 aromatic rings. The molecule has 1 aromatic carbocycles. The van der Waals surface area contributed by atoms with Crippen LogP contribution in [0, 0.1) is 18.3 Å². The summed E-state index contributed by atoms with van der Waals surface area (Å²) in [4.78, 5) is 0. The molecule has 2 N–H and O–H groups in total. The van der Waals surface area contributed by atoms with Crippen LogP contribution in [-0.2, 0) is 0 Å². The number of benzene rings is 1. The number of anilines is 1. The molecule has 0 saturated carbocycles. The van der Waals surface area contributed by atoms with E-state index in [1.807, 2.05) is 25.1 Å². The van der Waals surface area contributed by atoms with Gasteiger partial charge in [0, 0.05) is 18.3 Å². The molecule has 3 heteroatoms. The Labute approximate surface area is 103 Å². The smallest absolute Gasteiger partial charge is 0.0994 e. The molecule has 17 heavy (non-hydrogen) atoms. The molecule has 1 unspecified atom stereocenters. The molecule has 1 aliphatic rings. The minimum Gasteiger partial charge on any atom is -0.383 e. The van der Waals surface area contributed by atoms with Gasteiger partial charge in [-0.25, -0.2) is 0 Å². The molecule has 0 amide bonds. The first-order valence-corrected chi connectivity index (χ1v) is 6.27. The molecule has 0 spiro atoms. The van der Waals surface area contributed by atoms with Crippen molar-refractivity contribution in [1.29, 1.82) is 5.26 Å². The summed E-state index contributed by atoms with van der Waals surface area (Å²) in [6.07, 6.45) is 3.88. The Morgan fingerprint density at radius 1 is 1.47 bits per heavy atom. The van der Waals surface area contributed by atoms with Crippen LogP contribution in [0.4, 0.5) is 5.69 Å². The number of hydrogen-bond donors (Lipinski definition) is 2. The normalized spacial score (nSPS) is 19.6. The van der Waals surface area contributed by atoms with E-state index in [0.717, 1.165) is 29.9 Å². The van der Waals surface area contributed by atoms with Gasteiger partial charge >= 0.3 is 0 Å². The van der Waals surface area contributed by atoms with Crippen molar-refractivity contribution in [3.8, 4) is 6.07 Å². The van der Waals surface area contributed by atoms with Gasteiger partial charge in [0.2, 0.25) is 0 Å². The molecule has 1 saturated heterocycles. The number of aryl methyl sites for hydroxylation is 1. The second-order valence-electron chi connectivity index (χ2n) is 4.67. The van der Waals surface area contributed by atoms with E-state index in [1.54, 1.807) is 0 Å². The number of piperidine rings is 1. The van der Waals surface area contributed by atoms with Crippen molar-refractivity contribution < 1.29 is 0 Å². The van der Waals surface area contributed by atoms with E-state index in [-0.39, 0.29) is 0 Å². The minimum absolute atomic E-state index is 0.583. The lowest BCUT2D eigenvalue weighted by Crippen LogP contribution is -2.39. The highest BCUT2D eigenvalue weighted by atomic mass is 15.0. The largest absolute Gasteiger partial charge is 0.383 e. The molecule has 1 heterocycles. The Bertz CT molecular complexity index is 414. The fourth-order valence-electron chi connectivity index (χ4n) is 2.24. The third kappa shape index (κ3) is 3.21. The van der Waals surface area contributed by atoms with Crippen molar-refractivity contribution in [2.75, 3.05) is 18.4 Å². The highest BCUT2D eigenvalue weighted by molar-refractivity contribution is 5.51. The number of rotatable bonds is 3. The van der Waals surface area contributed by atoms with Crippen molar-refractivity contribution in [2.24, 2.45) is 0 Å². The van der Waals surface area contributed by atoms with Gasteiger partial charge in [-0.3, -0.25) is 0 Å². The van der Waals surface area contributed by atoms with E-state index < -0.39 is 0 Å². The van der Waals surface area contributed by atoms with E-state index in [9.17, 15) is 0 Å². The van der Waals surface area contributed by atoms with Crippen LogP contribution in [0.3, 0.4) is 0 Å². The van der Waals surface area contributed by atoms with Gasteiger partial charge in [-0.15, -0.1) is 0 Å². The zero-order valence-electron chi connectivity index (χ0n) is 10.3. The lowest BCUT2D eigenvalue weighted by Gasteiger charge is -2.24. The Morgan fingerprint density at radius 3 is 3.00 bits per heavy atom. The maximum absolute atomic E-state index is 8.86. The number of nitrogens with zero attached hydrogens (tertiary/aromatic N) is 1. The van der Waals surface area contributed by atoms with Gasteiger partial charge in [-0.05, 0) is 50.1 Å². The second-order valence-corrected chi connectivity index (χ2v) is 4.67. The molecule has 2 rings (SSSR count). The van der Waals surface area contributed by atoms with Crippen LogP contribution in [0.25, 0.3) is 0 Å². The van der Waals surface area contributed by atoms with Gasteiger partial charge in [0.1, 0.15) is 0 Å². The van der Waals surface area contributed by atoms with Crippen LogP contribution in [-0.4, -0.2) is 19.1 Å². The molecular weight excluding hydrogens is 210 g/mol. The molecule has 90 valence electrons. The second kappa shape index (κ2) is 5.70. The third-order valence-electron chi connectivity index (χ3n) is 3.31. The number of nitrogens with one attached hydrogen (secondary N) is 2. The summed E-state index contributed by atoms with van der Waals surface area (Å²) in [6, 6.07) is 8.68. The molecule has 1 atom stereocenters. The van der Waals surface area contributed by atoms with Crippen LogP contribution < -0.4 is 10.6 Å². The summed E-state index contributed by atoms with van der Waals surface area (Å²) in [6.45, 7) is 4.08. The van der Waals surface area contributed by atoms with E-state index in [1.165, 1.54) is 19.3 Å². The standard InChI is InChI=1S/C14H19N3/c1-11-8-13(6-5-12(11)9-15)17-10-14-4-2-3-7-16-14/h5-6,8,14,16-17H,2-4,7,10H2,1H3. The molecule has 3 nitrogen and oxygen atoms in total. The van der Waals surface area contributed by atoms with Crippen LogP contribution in [0.1, 0.15) is 30.4 Å². The highest BCUT2D eigenvalue weighted by Gasteiger charge is 2.11. The zero-order valence-corrected chi connectivity index (χ0v) is 10.3. The van der Waals surface area contributed by atoms with Gasteiger partial charge in [-0.1, -0.05) is 6.42 Å². The predicted octanol–water partition coefficient (Wildman–Crippen LogP) is 2.42. The fraction of sp³-hybridized carbons (Fsp3) is 0.500. The topological polar surface area (TPSA) is 47.8 Å². The number of nitriles is 1. The van der Waals surface area contributed by atoms with Crippen LogP contribution in [0.2, 0.25) is 0 Å². The van der Waals surface area contributed by atoms with E-state index in [2.05, 4.69) is 16.7 Å². The monoisotopic (exact) mass is 229 g/mol. The quantitative estimate of drug-likeness (QED) is 0.836. The summed E-state index contributed by atoms with van der Waals surface area (Å²) < 4.78 is 0. The molecule has 0 aromatic heterocycles. The molecule has 0 aliphatic carbocycles. The van der Waals surface area contributed by atoms with Crippen molar-refractivity contribution in [2.45, 2.75) is 32.2 Å². The zero-order chi connectivity index (χ0) is 12.1. The Kier molecular flexibility index (Phi) is 4.00. The first-order valence-electron chi connectivity index (χ1n) is 6.27. The first kappa shape index (κ1) is 11.9. The summed E-state index contributed by atoms with van der Waals surface area (Å²) in [5, 5.41) is 15.8. The maximum atomic E-state index is 8.86. The Morgan fingerprint density at radius 2 is 2.35 bits per heavy atom. The van der Waals surface area contributed by atoms with Crippen molar-refractivity contribution in [3.63, 3.8) is 0 Å². The Hall–Kier alpha value is -1.53. The lowest BCUT2D eigenvalue weighted by molar-refractivity contribution is 0.414. The van der Waals surface area contributed by atoms with Crippen molar-refractivity contribution in [1.82, 2.24) is 5.32 Å². The average Bonchev–Trinajstić information content (AvgIpc) is 2.38. The highest BCUT2D eigenvalue weighted by Crippen LogP contribution is 2.15. The van der Waals surface area contributed by atoms with E-state index in [0.29, 0.717) is 6.04 Å². The maximum Gasteiger partial charge on any atom is 0.0994 e. The third-order valence-corrected chi connectivity index (χ3v) is 3.31. The summed E-state index contributed by atoms with van der Waals surface area (Å²) >= 11 is 0. The molecular formula is C14H19N3. The summed E-state index contributed by atoms with van der Waals surface area (Å²) in [5.41, 5.74) is 2.90. The van der Waals surface area contributed by atoms with Crippen LogP contribution in [0.15, 0.2) is 18.2 Å².